The minimum atomic E-state index is -4.34. The molecule has 0 aliphatic carbocycles. The lowest BCUT2D eigenvalue weighted by molar-refractivity contribution is -0.433. The third kappa shape index (κ3) is 10.7. The molecule has 1 aliphatic heterocycles. The number of rotatable bonds is 19. The van der Waals surface area contributed by atoms with E-state index in [4.69, 9.17) is 0 Å². The number of aliphatic hydroxyl groups excluding tert-OH is 2. The highest BCUT2D eigenvalue weighted by molar-refractivity contribution is 7.85. The molecule has 266 valence electrons. The van der Waals surface area contributed by atoms with E-state index < -0.39 is 27.5 Å². The van der Waals surface area contributed by atoms with Gasteiger partial charge in [-0.1, -0.05) is 30.4 Å². The molecule has 0 radical (unpaired) electrons. The van der Waals surface area contributed by atoms with Gasteiger partial charge >= 0.3 is 11.9 Å². The van der Waals surface area contributed by atoms with Gasteiger partial charge in [-0.2, -0.15) is 13.0 Å². The summed E-state index contributed by atoms with van der Waals surface area (Å²) in [6.07, 6.45) is 12.4. The molecule has 2 unspecified atom stereocenters. The fourth-order valence-corrected chi connectivity index (χ4v) is 8.01. The van der Waals surface area contributed by atoms with Crippen LogP contribution in [0.15, 0.2) is 77.4 Å². The van der Waals surface area contributed by atoms with E-state index in [1.165, 1.54) is 12.1 Å². The van der Waals surface area contributed by atoms with E-state index >= 15 is 0 Å². The molecule has 49 heavy (non-hydrogen) atoms. The van der Waals surface area contributed by atoms with E-state index in [0.29, 0.717) is 58.5 Å². The minimum Gasteiger partial charge on any atom is -0.481 e. The number of carbonyl (C=O) groups is 2. The molecule has 3 rings (SSSR count). The molecule has 1 heterocycles. The highest BCUT2D eigenvalue weighted by Crippen LogP contribution is 2.51. The zero-order valence-corrected chi connectivity index (χ0v) is 30.1. The van der Waals surface area contributed by atoms with Gasteiger partial charge in [-0.05, 0) is 96.6 Å². The Morgan fingerprint density at radius 3 is 2.33 bits per heavy atom. The maximum absolute atomic E-state index is 11.7. The number of aryl methyl sites for hydroxylation is 1. The van der Waals surface area contributed by atoms with Crippen LogP contribution in [0.5, 0.6) is 0 Å². The number of hydrogen-bond acceptors (Lipinski definition) is 7. The van der Waals surface area contributed by atoms with Crippen molar-refractivity contribution in [2.45, 2.75) is 69.6 Å². The summed E-state index contributed by atoms with van der Waals surface area (Å²) >= 11 is 0. The van der Waals surface area contributed by atoms with Crippen molar-refractivity contribution < 1.29 is 47.6 Å². The molecule has 2 aromatic rings. The lowest BCUT2D eigenvalue weighted by atomic mass is 9.76. The largest absolute Gasteiger partial charge is 0.481 e. The fourth-order valence-electron chi connectivity index (χ4n) is 6.17. The molecule has 0 spiro atoms. The molecule has 0 aromatic heterocycles. The average Bonchev–Trinajstić information content (AvgIpc) is 3.25. The molecule has 0 bridgehead atoms. The summed E-state index contributed by atoms with van der Waals surface area (Å²) in [5.41, 5.74) is 5.30. The van der Waals surface area contributed by atoms with Crippen LogP contribution < -0.4 is 4.90 Å². The number of nitrogens with zero attached hydrogens (tertiary/aromatic N) is 2. The van der Waals surface area contributed by atoms with Gasteiger partial charge in [0.25, 0.3) is 10.1 Å². The molecule has 0 saturated carbocycles. The van der Waals surface area contributed by atoms with Crippen LogP contribution in [-0.2, 0) is 31.5 Å². The van der Waals surface area contributed by atoms with Crippen molar-refractivity contribution >= 4 is 47.5 Å². The van der Waals surface area contributed by atoms with Gasteiger partial charge in [0, 0.05) is 60.7 Å². The third-order valence-corrected chi connectivity index (χ3v) is 10.8. The summed E-state index contributed by atoms with van der Waals surface area (Å²) in [5.74, 6) is -1.82. The minimum absolute atomic E-state index is 0.00382. The maximum Gasteiger partial charge on any atom is 0.307 e. The summed E-state index contributed by atoms with van der Waals surface area (Å²) in [5, 5.41) is 37.9. The van der Waals surface area contributed by atoms with Gasteiger partial charge in [-0.15, -0.1) is 0 Å². The lowest BCUT2D eigenvalue weighted by Gasteiger charge is -2.30. The second kappa shape index (κ2) is 18.4. The van der Waals surface area contributed by atoms with Crippen LogP contribution in [0, 0.1) is 6.92 Å². The van der Waals surface area contributed by atoms with Crippen LogP contribution in [0.1, 0.15) is 62.6 Å². The van der Waals surface area contributed by atoms with Crippen LogP contribution >= 0.6 is 8.58 Å². The zero-order chi connectivity index (χ0) is 36.2. The standard InChI is InChI=1S/C36H47N2O9PS/c1-4-37(30-17-15-28(23-26(30)2)49(45,46)47)33(48-22-10-21-40)12-7-5-6-11-32-36(3,18-8-13-34(41)42)29-24-27(25-35(43)44)14-16-31(29)38(32)19-9-20-39/h5-7,11-12,14-17,23-24,39-40,48H,4,8-10,13,18-22,25H2,1-3H3,(H2-,41,42,43,44,45,46,47)/p+1. The molecule has 5 N–H and O–H groups in total. The van der Waals surface area contributed by atoms with Gasteiger partial charge in [-0.25, -0.2) is 0 Å². The number of allylic oxidation sites excluding steroid dienone is 6. The smallest absolute Gasteiger partial charge is 0.307 e. The molecule has 2 atom stereocenters. The predicted molar refractivity (Wildman–Crippen MR) is 193 cm³/mol. The second-order valence-electron chi connectivity index (χ2n) is 12.1. The van der Waals surface area contributed by atoms with E-state index in [-0.39, 0.29) is 31.0 Å². The van der Waals surface area contributed by atoms with Crippen molar-refractivity contribution in [2.75, 3.05) is 37.4 Å². The zero-order valence-electron chi connectivity index (χ0n) is 28.3. The SMILES string of the molecule is CC[N+](=C(/C=C/C=C/C=C1/N(CCCO)c2ccc(CC(=O)O)cc2C1(C)CCCC(=O)O)PCCCO)c1ccc(S(=O)(=O)O)cc1C. The van der Waals surface area contributed by atoms with Gasteiger partial charge < -0.3 is 25.3 Å². The Morgan fingerprint density at radius 1 is 0.980 bits per heavy atom. The molecular weight excluding hydrogens is 667 g/mol. The van der Waals surface area contributed by atoms with Crippen molar-refractivity contribution in [1.29, 1.82) is 0 Å². The summed E-state index contributed by atoms with van der Waals surface area (Å²) in [4.78, 5) is 24.9. The summed E-state index contributed by atoms with van der Waals surface area (Å²) in [6.45, 7) is 7.02. The molecule has 1 aliphatic rings. The Labute approximate surface area is 290 Å². The van der Waals surface area contributed by atoms with Crippen molar-refractivity contribution in [3.8, 4) is 0 Å². The van der Waals surface area contributed by atoms with Crippen molar-refractivity contribution in [2.24, 2.45) is 0 Å². The maximum atomic E-state index is 11.7. The Morgan fingerprint density at radius 2 is 1.71 bits per heavy atom. The highest BCUT2D eigenvalue weighted by Gasteiger charge is 2.43. The quantitative estimate of drug-likeness (QED) is 0.0316. The molecule has 0 saturated heterocycles. The van der Waals surface area contributed by atoms with Crippen LogP contribution in [0.25, 0.3) is 0 Å². The fraction of sp³-hybridized carbons (Fsp3) is 0.417. The van der Waals surface area contributed by atoms with Gasteiger partial charge in [0.1, 0.15) is 6.54 Å². The van der Waals surface area contributed by atoms with E-state index in [2.05, 4.69) is 16.4 Å². The summed E-state index contributed by atoms with van der Waals surface area (Å²) < 4.78 is 34.9. The van der Waals surface area contributed by atoms with Gasteiger partial charge in [-0.3, -0.25) is 14.1 Å². The number of aliphatic carboxylic acids is 2. The third-order valence-electron chi connectivity index (χ3n) is 8.50. The summed E-state index contributed by atoms with van der Waals surface area (Å²) in [7, 11) is -3.98. The highest BCUT2D eigenvalue weighted by atomic mass is 32.2. The van der Waals surface area contributed by atoms with Crippen molar-refractivity contribution in [3.05, 3.63) is 89.2 Å². The van der Waals surface area contributed by atoms with Crippen LogP contribution in [-0.4, -0.2) is 87.8 Å². The predicted octanol–water partition coefficient (Wildman–Crippen LogP) is 5.40. The number of anilines is 1. The van der Waals surface area contributed by atoms with Crippen molar-refractivity contribution in [1.82, 2.24) is 0 Å². The molecule has 11 nitrogen and oxygen atoms in total. The molecule has 0 amide bonds. The number of aliphatic hydroxyl groups is 2. The number of hydrogen-bond donors (Lipinski definition) is 5. The van der Waals surface area contributed by atoms with Gasteiger partial charge in [0.2, 0.25) is 5.69 Å². The topological polar surface area (TPSA) is 176 Å². The van der Waals surface area contributed by atoms with Crippen LogP contribution in [0.4, 0.5) is 11.4 Å². The lowest BCUT2D eigenvalue weighted by Crippen LogP contribution is -2.30. The van der Waals surface area contributed by atoms with E-state index in [9.17, 15) is 43.0 Å². The normalized spacial score (nSPS) is 17.9. The number of carboxylic acid groups (broad SMARTS) is 2. The Bertz CT molecular complexity index is 1730. The summed E-state index contributed by atoms with van der Waals surface area (Å²) in [6, 6.07) is 10.1. The molecular formula is C36H48N2O9PS+. The first-order valence-electron chi connectivity index (χ1n) is 16.3. The monoisotopic (exact) mass is 715 g/mol. The van der Waals surface area contributed by atoms with Gasteiger partial charge in [0.15, 0.2) is 5.45 Å². The van der Waals surface area contributed by atoms with Crippen molar-refractivity contribution in [3.63, 3.8) is 0 Å². The van der Waals surface area contributed by atoms with Gasteiger partial charge in [0.05, 0.1) is 11.3 Å². The first kappa shape index (κ1) is 39.8. The van der Waals surface area contributed by atoms with E-state index in [1.807, 2.05) is 49.4 Å². The molecule has 13 heteroatoms. The van der Waals surface area contributed by atoms with Crippen LogP contribution in [0.3, 0.4) is 0 Å². The number of benzene rings is 2. The Balaban J connectivity index is 2.06. The first-order chi connectivity index (χ1) is 23.3. The first-order valence-corrected chi connectivity index (χ1v) is 19.0. The second-order valence-corrected chi connectivity index (χ2v) is 14.9. The van der Waals surface area contributed by atoms with E-state index in [1.54, 1.807) is 19.1 Å². The van der Waals surface area contributed by atoms with Crippen LogP contribution in [0.2, 0.25) is 0 Å². The Kier molecular flexibility index (Phi) is 14.9. The average molecular weight is 716 g/mol. The Hall–Kier alpha value is -3.67. The molecule has 0 fully saturated rings. The number of fused-ring (bicyclic) bond motifs is 1. The van der Waals surface area contributed by atoms with E-state index in [0.717, 1.165) is 34.2 Å². The number of carboxylic acids is 2. The molecule has 2 aromatic carbocycles.